The molecule has 3 N–H and O–H groups in total. The normalized spacial score (nSPS) is 17.9. The predicted molar refractivity (Wildman–Crippen MR) is 151 cm³/mol. The number of nitrogens with one attached hydrogen (secondary N) is 2. The SMILES string of the molecule is CCCN1C(=O)CN(CC(=O)N[C@@H](Cc2cc(F)cc(F)c2)[C@H](O)CNCc2cccc(I)c2)C[C@H]1CC. The van der Waals surface area contributed by atoms with E-state index in [0.29, 0.717) is 25.2 Å². The van der Waals surface area contributed by atoms with Gasteiger partial charge in [-0.05, 0) is 77.2 Å². The van der Waals surface area contributed by atoms with Gasteiger partial charge in [-0.1, -0.05) is 26.0 Å². The summed E-state index contributed by atoms with van der Waals surface area (Å²) in [5.41, 5.74) is 1.38. The van der Waals surface area contributed by atoms with Gasteiger partial charge in [-0.25, -0.2) is 8.78 Å². The molecular formula is C28H37F2IN4O3. The molecule has 1 aliphatic heterocycles. The van der Waals surface area contributed by atoms with E-state index in [9.17, 15) is 23.5 Å². The summed E-state index contributed by atoms with van der Waals surface area (Å²) in [7, 11) is 0. The van der Waals surface area contributed by atoms with Crippen molar-refractivity contribution in [3.8, 4) is 0 Å². The first kappa shape index (κ1) is 30.4. The van der Waals surface area contributed by atoms with Crippen molar-refractivity contribution in [3.05, 3.63) is 68.8 Å². The Morgan fingerprint density at radius 2 is 1.89 bits per heavy atom. The van der Waals surface area contributed by atoms with Gasteiger partial charge in [-0.3, -0.25) is 14.5 Å². The highest BCUT2D eigenvalue weighted by Crippen LogP contribution is 2.16. The summed E-state index contributed by atoms with van der Waals surface area (Å²) >= 11 is 2.23. The number of carbonyl (C=O) groups is 2. The maximum atomic E-state index is 13.8. The van der Waals surface area contributed by atoms with Crippen LogP contribution in [0.1, 0.15) is 37.8 Å². The van der Waals surface area contributed by atoms with E-state index in [2.05, 4.69) is 33.2 Å². The van der Waals surface area contributed by atoms with Gasteiger partial charge in [0, 0.05) is 41.9 Å². The van der Waals surface area contributed by atoms with Crippen LogP contribution in [0.3, 0.4) is 0 Å². The minimum absolute atomic E-state index is 0.00117. The zero-order valence-corrected chi connectivity index (χ0v) is 24.1. The number of aliphatic hydroxyl groups is 1. The number of halogens is 3. The van der Waals surface area contributed by atoms with Crippen molar-refractivity contribution in [3.63, 3.8) is 0 Å². The second-order valence-corrected chi connectivity index (χ2v) is 11.0. The molecule has 1 aliphatic rings. The van der Waals surface area contributed by atoms with Gasteiger partial charge in [0.15, 0.2) is 0 Å². The highest BCUT2D eigenvalue weighted by Gasteiger charge is 2.32. The summed E-state index contributed by atoms with van der Waals surface area (Å²) in [6.45, 7) is 6.19. The quantitative estimate of drug-likeness (QED) is 0.293. The fraction of sp³-hybridized carbons (Fsp3) is 0.500. The zero-order chi connectivity index (χ0) is 27.7. The van der Waals surface area contributed by atoms with E-state index in [1.807, 2.05) is 47.9 Å². The first-order valence-electron chi connectivity index (χ1n) is 13.1. The maximum Gasteiger partial charge on any atom is 0.237 e. The van der Waals surface area contributed by atoms with Gasteiger partial charge >= 0.3 is 0 Å². The lowest BCUT2D eigenvalue weighted by atomic mass is 10.0. The molecule has 1 saturated heterocycles. The summed E-state index contributed by atoms with van der Waals surface area (Å²) in [4.78, 5) is 29.4. The van der Waals surface area contributed by atoms with Gasteiger partial charge in [0.2, 0.25) is 11.8 Å². The number of hydrogen-bond donors (Lipinski definition) is 3. The minimum Gasteiger partial charge on any atom is -0.390 e. The molecule has 0 radical (unpaired) electrons. The van der Waals surface area contributed by atoms with Crippen LogP contribution in [-0.2, 0) is 22.6 Å². The van der Waals surface area contributed by atoms with Crippen LogP contribution in [0, 0.1) is 15.2 Å². The molecular weight excluding hydrogens is 605 g/mol. The van der Waals surface area contributed by atoms with Crippen molar-refractivity contribution in [2.45, 2.75) is 57.8 Å². The van der Waals surface area contributed by atoms with Crippen molar-refractivity contribution in [2.75, 3.05) is 32.7 Å². The molecule has 0 bridgehead atoms. The Morgan fingerprint density at radius 1 is 1.16 bits per heavy atom. The van der Waals surface area contributed by atoms with E-state index >= 15 is 0 Å². The van der Waals surface area contributed by atoms with Crippen LogP contribution >= 0.6 is 22.6 Å². The van der Waals surface area contributed by atoms with Crippen LogP contribution in [-0.4, -0.2) is 77.6 Å². The molecule has 0 saturated carbocycles. The van der Waals surface area contributed by atoms with E-state index in [1.165, 1.54) is 12.1 Å². The van der Waals surface area contributed by atoms with E-state index in [4.69, 9.17) is 0 Å². The second kappa shape index (κ2) is 14.9. The Kier molecular flexibility index (Phi) is 11.9. The monoisotopic (exact) mass is 642 g/mol. The van der Waals surface area contributed by atoms with E-state index in [1.54, 1.807) is 0 Å². The fourth-order valence-corrected chi connectivity index (χ4v) is 5.45. The van der Waals surface area contributed by atoms with E-state index in [0.717, 1.165) is 28.0 Å². The van der Waals surface area contributed by atoms with Crippen molar-refractivity contribution in [1.29, 1.82) is 0 Å². The molecule has 1 heterocycles. The molecule has 0 spiro atoms. The highest BCUT2D eigenvalue weighted by molar-refractivity contribution is 14.1. The molecule has 208 valence electrons. The third-order valence-corrected chi connectivity index (χ3v) is 7.32. The van der Waals surface area contributed by atoms with Gasteiger partial charge in [-0.2, -0.15) is 0 Å². The number of aliphatic hydroxyl groups excluding tert-OH is 1. The number of amides is 2. The summed E-state index contributed by atoms with van der Waals surface area (Å²) in [5, 5.41) is 17.0. The third kappa shape index (κ3) is 9.25. The van der Waals surface area contributed by atoms with Crippen LogP contribution in [0.25, 0.3) is 0 Å². The molecule has 0 aliphatic carbocycles. The minimum atomic E-state index is -1.01. The van der Waals surface area contributed by atoms with Gasteiger partial charge < -0.3 is 20.6 Å². The Labute approximate surface area is 237 Å². The molecule has 7 nitrogen and oxygen atoms in total. The molecule has 3 atom stereocenters. The van der Waals surface area contributed by atoms with Crippen LogP contribution in [0.15, 0.2) is 42.5 Å². The highest BCUT2D eigenvalue weighted by atomic mass is 127. The van der Waals surface area contributed by atoms with E-state index in [-0.39, 0.29) is 43.9 Å². The number of piperazine rings is 1. The Hall–Kier alpha value is -2.15. The maximum absolute atomic E-state index is 13.8. The first-order chi connectivity index (χ1) is 18.2. The largest absolute Gasteiger partial charge is 0.390 e. The molecule has 3 rings (SSSR count). The molecule has 2 aromatic carbocycles. The number of benzene rings is 2. The average Bonchev–Trinajstić information content (AvgIpc) is 2.84. The molecule has 1 fully saturated rings. The van der Waals surface area contributed by atoms with Crippen LogP contribution in [0.4, 0.5) is 8.78 Å². The predicted octanol–water partition coefficient (Wildman–Crippen LogP) is 3.08. The number of carbonyl (C=O) groups excluding carboxylic acids is 2. The summed E-state index contributed by atoms with van der Waals surface area (Å²) in [6, 6.07) is 10.4. The van der Waals surface area contributed by atoms with Crippen molar-refractivity contribution in [1.82, 2.24) is 20.4 Å². The van der Waals surface area contributed by atoms with Crippen molar-refractivity contribution in [2.24, 2.45) is 0 Å². The van der Waals surface area contributed by atoms with Crippen LogP contribution in [0.5, 0.6) is 0 Å². The van der Waals surface area contributed by atoms with Gasteiger partial charge in [0.05, 0.1) is 25.2 Å². The first-order valence-corrected chi connectivity index (χ1v) is 14.2. The second-order valence-electron chi connectivity index (χ2n) is 9.80. The Bertz CT molecular complexity index is 1070. The molecule has 10 heteroatoms. The smallest absolute Gasteiger partial charge is 0.237 e. The average molecular weight is 643 g/mol. The Morgan fingerprint density at radius 3 is 2.55 bits per heavy atom. The van der Waals surface area contributed by atoms with Gasteiger partial charge in [-0.15, -0.1) is 0 Å². The lowest BCUT2D eigenvalue weighted by Gasteiger charge is -2.40. The summed E-state index contributed by atoms with van der Waals surface area (Å²) < 4.78 is 28.7. The zero-order valence-electron chi connectivity index (χ0n) is 21.9. The van der Waals surface area contributed by atoms with E-state index < -0.39 is 23.8 Å². The fourth-order valence-electron chi connectivity index (χ4n) is 4.84. The third-order valence-electron chi connectivity index (χ3n) is 6.65. The molecule has 0 unspecified atom stereocenters. The number of nitrogens with zero attached hydrogens (tertiary/aromatic N) is 2. The molecule has 2 amide bonds. The number of hydrogen-bond acceptors (Lipinski definition) is 5. The van der Waals surface area contributed by atoms with Crippen LogP contribution < -0.4 is 10.6 Å². The van der Waals surface area contributed by atoms with Crippen molar-refractivity contribution >= 4 is 34.4 Å². The summed E-state index contributed by atoms with van der Waals surface area (Å²) in [5.74, 6) is -1.78. The topological polar surface area (TPSA) is 84.9 Å². The number of rotatable bonds is 13. The molecule has 38 heavy (non-hydrogen) atoms. The lowest BCUT2D eigenvalue weighted by molar-refractivity contribution is -0.141. The van der Waals surface area contributed by atoms with Crippen molar-refractivity contribution < 1.29 is 23.5 Å². The molecule has 2 aromatic rings. The summed E-state index contributed by atoms with van der Waals surface area (Å²) in [6.07, 6.45) is 0.704. The Balaban J connectivity index is 1.65. The van der Waals surface area contributed by atoms with Gasteiger partial charge in [0.1, 0.15) is 11.6 Å². The molecule has 0 aromatic heterocycles. The lowest BCUT2D eigenvalue weighted by Crippen LogP contribution is -2.58. The van der Waals surface area contributed by atoms with Crippen LogP contribution in [0.2, 0.25) is 0 Å². The van der Waals surface area contributed by atoms with Gasteiger partial charge in [0.25, 0.3) is 0 Å². The standard InChI is InChI=1S/C28H37F2IN4O3/c1-3-8-35-24(4-2)16-34(18-28(35)38)17-27(37)33-25(12-20-9-21(29)13-22(30)10-20)26(36)15-32-14-19-6-5-7-23(31)11-19/h5-7,9-11,13,24-26,32,36H,3-4,8,12,14-18H2,1-2H3,(H,33,37)/t24-,25+,26-/m1/s1.